The standard InChI is InChI=1S/C28H37N3O2/c1-29-16-6-17-30(20-19-29)26-8-3-2-7-22(26)21-23-13-18-31(27(23)32)25-11-9-24(10-12-25)28(33)14-4-5-15-28/h2-3,7-12,23,33H,4-6,13-21H2,1H3. The molecule has 2 heterocycles. The van der Waals surface area contributed by atoms with Gasteiger partial charge in [0.1, 0.15) is 0 Å². The number of nitrogens with zero attached hydrogens (tertiary/aromatic N) is 3. The Hall–Kier alpha value is -2.37. The molecule has 3 aliphatic rings. The van der Waals surface area contributed by atoms with Crippen molar-refractivity contribution in [3.63, 3.8) is 0 Å². The van der Waals surface area contributed by atoms with E-state index in [4.69, 9.17) is 0 Å². The van der Waals surface area contributed by atoms with Gasteiger partial charge in [-0.1, -0.05) is 43.2 Å². The summed E-state index contributed by atoms with van der Waals surface area (Å²) in [5.41, 5.74) is 3.86. The molecule has 1 N–H and O–H groups in total. The van der Waals surface area contributed by atoms with Gasteiger partial charge in [0.15, 0.2) is 0 Å². The maximum atomic E-state index is 13.4. The third kappa shape index (κ3) is 4.67. The van der Waals surface area contributed by atoms with E-state index in [1.54, 1.807) is 0 Å². The molecule has 176 valence electrons. The monoisotopic (exact) mass is 447 g/mol. The van der Waals surface area contributed by atoms with Crippen LogP contribution in [0.1, 0.15) is 49.7 Å². The number of carbonyl (C=O) groups is 1. The number of hydrogen-bond acceptors (Lipinski definition) is 4. The molecule has 5 rings (SSSR count). The number of para-hydroxylation sites is 1. The fourth-order valence-corrected chi connectivity index (χ4v) is 5.93. The van der Waals surface area contributed by atoms with Gasteiger partial charge in [0.2, 0.25) is 5.91 Å². The summed E-state index contributed by atoms with van der Waals surface area (Å²) in [7, 11) is 2.20. The number of aliphatic hydroxyl groups is 1. The van der Waals surface area contributed by atoms with Gasteiger partial charge < -0.3 is 19.8 Å². The van der Waals surface area contributed by atoms with E-state index in [9.17, 15) is 9.90 Å². The van der Waals surface area contributed by atoms with Crippen LogP contribution in [0.5, 0.6) is 0 Å². The van der Waals surface area contributed by atoms with E-state index >= 15 is 0 Å². The van der Waals surface area contributed by atoms with Crippen LogP contribution < -0.4 is 9.80 Å². The van der Waals surface area contributed by atoms with Crippen LogP contribution in [0.3, 0.4) is 0 Å². The minimum Gasteiger partial charge on any atom is -0.385 e. The highest BCUT2D eigenvalue weighted by Gasteiger charge is 2.35. The molecule has 5 nitrogen and oxygen atoms in total. The highest BCUT2D eigenvalue weighted by Crippen LogP contribution is 2.39. The predicted molar refractivity (Wildman–Crippen MR) is 134 cm³/mol. The van der Waals surface area contributed by atoms with Crippen LogP contribution in [0, 0.1) is 5.92 Å². The summed E-state index contributed by atoms with van der Waals surface area (Å²) >= 11 is 0. The van der Waals surface area contributed by atoms with Gasteiger partial charge in [0.05, 0.1) is 5.60 Å². The normalized spacial score (nSPS) is 23.8. The van der Waals surface area contributed by atoms with Gasteiger partial charge in [-0.05, 0) is 75.0 Å². The van der Waals surface area contributed by atoms with Crippen LogP contribution in [-0.4, -0.2) is 55.7 Å². The van der Waals surface area contributed by atoms with Crippen molar-refractivity contribution >= 4 is 17.3 Å². The van der Waals surface area contributed by atoms with Gasteiger partial charge in [-0.15, -0.1) is 0 Å². The molecule has 33 heavy (non-hydrogen) atoms. The largest absolute Gasteiger partial charge is 0.385 e. The lowest BCUT2D eigenvalue weighted by Crippen LogP contribution is -2.30. The van der Waals surface area contributed by atoms with Crippen molar-refractivity contribution < 1.29 is 9.90 Å². The number of likely N-dealkylation sites (N-methyl/N-ethyl adjacent to an activating group) is 1. The first-order chi connectivity index (χ1) is 16.0. The molecule has 2 aliphatic heterocycles. The second-order valence-corrected chi connectivity index (χ2v) is 10.2. The molecule has 1 amide bonds. The van der Waals surface area contributed by atoms with Crippen LogP contribution in [-0.2, 0) is 16.8 Å². The molecule has 2 aromatic rings. The smallest absolute Gasteiger partial charge is 0.230 e. The third-order valence-electron chi connectivity index (χ3n) is 7.98. The molecule has 0 spiro atoms. The van der Waals surface area contributed by atoms with Gasteiger partial charge in [-0.3, -0.25) is 4.79 Å². The SMILES string of the molecule is CN1CCCN(c2ccccc2CC2CCN(c3ccc(C4(O)CCCC4)cc3)C2=O)CC1. The Bertz CT molecular complexity index is 967. The number of hydrogen-bond donors (Lipinski definition) is 1. The fraction of sp³-hybridized carbons (Fsp3) is 0.536. The average molecular weight is 448 g/mol. The van der Waals surface area contributed by atoms with E-state index in [0.717, 1.165) is 82.5 Å². The van der Waals surface area contributed by atoms with Crippen molar-refractivity contribution in [2.24, 2.45) is 5.92 Å². The molecular weight excluding hydrogens is 410 g/mol. The Morgan fingerprint density at radius 1 is 0.909 bits per heavy atom. The maximum Gasteiger partial charge on any atom is 0.230 e. The molecular formula is C28H37N3O2. The van der Waals surface area contributed by atoms with Crippen LogP contribution in [0.15, 0.2) is 48.5 Å². The van der Waals surface area contributed by atoms with Crippen molar-refractivity contribution in [1.82, 2.24) is 4.90 Å². The molecule has 1 saturated carbocycles. The molecule has 0 bridgehead atoms. The molecule has 0 aromatic heterocycles. The van der Waals surface area contributed by atoms with Crippen molar-refractivity contribution in [3.05, 3.63) is 59.7 Å². The number of benzene rings is 2. The predicted octanol–water partition coefficient (Wildman–Crippen LogP) is 4.19. The van der Waals surface area contributed by atoms with Gasteiger partial charge in [0.25, 0.3) is 0 Å². The molecule has 1 aliphatic carbocycles. The molecule has 5 heteroatoms. The minimum atomic E-state index is -0.679. The van der Waals surface area contributed by atoms with E-state index in [2.05, 4.69) is 41.1 Å². The highest BCUT2D eigenvalue weighted by atomic mass is 16.3. The second-order valence-electron chi connectivity index (χ2n) is 10.2. The summed E-state index contributed by atoms with van der Waals surface area (Å²) in [5, 5.41) is 10.9. The summed E-state index contributed by atoms with van der Waals surface area (Å²) in [4.78, 5) is 20.2. The Morgan fingerprint density at radius 2 is 1.67 bits per heavy atom. The zero-order valence-corrected chi connectivity index (χ0v) is 19.9. The summed E-state index contributed by atoms with van der Waals surface area (Å²) in [6.07, 6.45) is 6.71. The quantitative estimate of drug-likeness (QED) is 0.747. The minimum absolute atomic E-state index is 0.0273. The van der Waals surface area contributed by atoms with E-state index in [0.29, 0.717) is 0 Å². The first-order valence-electron chi connectivity index (χ1n) is 12.7. The maximum absolute atomic E-state index is 13.4. The Kier molecular flexibility index (Phi) is 6.44. The third-order valence-corrected chi connectivity index (χ3v) is 7.98. The van der Waals surface area contributed by atoms with Crippen LogP contribution in [0.25, 0.3) is 0 Å². The topological polar surface area (TPSA) is 47.0 Å². The van der Waals surface area contributed by atoms with Gasteiger partial charge in [-0.25, -0.2) is 0 Å². The summed E-state index contributed by atoms with van der Waals surface area (Å²) in [5.74, 6) is 0.257. The van der Waals surface area contributed by atoms with Crippen molar-refractivity contribution in [2.45, 2.75) is 50.5 Å². The zero-order chi connectivity index (χ0) is 22.8. The van der Waals surface area contributed by atoms with E-state index < -0.39 is 5.60 Å². The number of amides is 1. The van der Waals surface area contributed by atoms with E-state index in [1.165, 1.54) is 17.7 Å². The molecule has 3 fully saturated rings. The van der Waals surface area contributed by atoms with Gasteiger partial charge >= 0.3 is 0 Å². The fourth-order valence-electron chi connectivity index (χ4n) is 5.93. The number of carbonyl (C=O) groups excluding carboxylic acids is 1. The zero-order valence-electron chi connectivity index (χ0n) is 19.9. The molecule has 1 atom stereocenters. The Labute approximate surface area is 198 Å². The average Bonchev–Trinajstić information content (AvgIpc) is 3.36. The molecule has 1 unspecified atom stereocenters. The first kappa shape index (κ1) is 22.4. The van der Waals surface area contributed by atoms with E-state index in [1.807, 2.05) is 29.2 Å². The summed E-state index contributed by atoms with van der Waals surface area (Å²) in [6, 6.07) is 16.7. The van der Waals surface area contributed by atoms with Crippen molar-refractivity contribution in [2.75, 3.05) is 49.6 Å². The van der Waals surface area contributed by atoms with Crippen LogP contribution in [0.2, 0.25) is 0 Å². The Balaban J connectivity index is 1.28. The molecule has 0 radical (unpaired) electrons. The highest BCUT2D eigenvalue weighted by molar-refractivity contribution is 5.97. The first-order valence-corrected chi connectivity index (χ1v) is 12.7. The van der Waals surface area contributed by atoms with E-state index in [-0.39, 0.29) is 11.8 Å². The lowest BCUT2D eigenvalue weighted by Gasteiger charge is -2.26. The van der Waals surface area contributed by atoms with Gasteiger partial charge in [-0.2, -0.15) is 0 Å². The second kappa shape index (κ2) is 9.47. The molecule has 2 aromatic carbocycles. The van der Waals surface area contributed by atoms with Crippen molar-refractivity contribution in [3.8, 4) is 0 Å². The molecule has 2 saturated heterocycles. The van der Waals surface area contributed by atoms with Gasteiger partial charge in [0, 0.05) is 43.5 Å². The number of anilines is 2. The summed E-state index contributed by atoms with van der Waals surface area (Å²) in [6.45, 7) is 5.10. The van der Waals surface area contributed by atoms with Crippen LogP contribution >= 0.6 is 0 Å². The number of rotatable bonds is 5. The lowest BCUT2D eigenvalue weighted by atomic mass is 9.92. The lowest BCUT2D eigenvalue weighted by molar-refractivity contribution is -0.120. The summed E-state index contributed by atoms with van der Waals surface area (Å²) < 4.78 is 0. The Morgan fingerprint density at radius 3 is 2.45 bits per heavy atom. The van der Waals surface area contributed by atoms with Crippen LogP contribution in [0.4, 0.5) is 11.4 Å². The van der Waals surface area contributed by atoms with Crippen molar-refractivity contribution in [1.29, 1.82) is 0 Å².